The third-order valence-corrected chi connectivity index (χ3v) is 6.01. The van der Waals surface area contributed by atoms with Crippen molar-refractivity contribution in [2.24, 2.45) is 5.73 Å². The Morgan fingerprint density at radius 1 is 1.33 bits per heavy atom. The van der Waals surface area contributed by atoms with Gasteiger partial charge in [0, 0.05) is 32.2 Å². The van der Waals surface area contributed by atoms with Crippen LogP contribution in [0.3, 0.4) is 0 Å². The van der Waals surface area contributed by atoms with Gasteiger partial charge in [-0.3, -0.25) is 0 Å². The topological polar surface area (TPSA) is 66.6 Å². The average Bonchev–Trinajstić information content (AvgIpc) is 2.48. The Morgan fingerprint density at radius 2 is 2.00 bits per heavy atom. The molecule has 1 fully saturated rings. The summed E-state index contributed by atoms with van der Waals surface area (Å²) in [5.74, 6) is 0. The predicted octanol–water partition coefficient (Wildman–Crippen LogP) is 1.56. The summed E-state index contributed by atoms with van der Waals surface area (Å²) in [6.45, 7) is 2.83. The molecular weight excluding hydrogens is 286 g/mol. The normalized spacial score (nSPS) is 22.4. The smallest absolute Gasteiger partial charge is 0.282 e. The predicted molar refractivity (Wildman–Crippen MR) is 84.8 cm³/mol. The van der Waals surface area contributed by atoms with Gasteiger partial charge in [0.05, 0.1) is 0 Å². The van der Waals surface area contributed by atoms with Gasteiger partial charge in [-0.2, -0.15) is 17.0 Å². The fraction of sp³-hybridized carbons (Fsp3) is 0.600. The molecule has 1 heterocycles. The van der Waals surface area contributed by atoms with Crippen LogP contribution in [0.15, 0.2) is 30.3 Å². The summed E-state index contributed by atoms with van der Waals surface area (Å²) >= 11 is 0. The van der Waals surface area contributed by atoms with Crippen LogP contribution < -0.4 is 5.73 Å². The molecule has 2 rings (SSSR count). The molecule has 0 bridgehead atoms. The largest absolute Gasteiger partial charge is 0.326 e. The molecule has 1 aliphatic rings. The van der Waals surface area contributed by atoms with E-state index in [-0.39, 0.29) is 12.1 Å². The lowest BCUT2D eigenvalue weighted by atomic mass is 10.00. The maximum atomic E-state index is 12.8. The summed E-state index contributed by atoms with van der Waals surface area (Å²) in [6, 6.07) is 9.39. The summed E-state index contributed by atoms with van der Waals surface area (Å²) in [7, 11) is -1.83. The maximum absolute atomic E-state index is 12.8. The number of hydrogen-bond acceptors (Lipinski definition) is 3. The zero-order valence-electron chi connectivity index (χ0n) is 12.8. The van der Waals surface area contributed by atoms with Crippen molar-refractivity contribution >= 4 is 10.2 Å². The molecule has 6 heteroatoms. The first-order valence-electron chi connectivity index (χ1n) is 7.45. The quantitative estimate of drug-likeness (QED) is 0.897. The van der Waals surface area contributed by atoms with Crippen LogP contribution in [-0.4, -0.2) is 42.7 Å². The molecule has 0 radical (unpaired) electrons. The van der Waals surface area contributed by atoms with Gasteiger partial charge in [0.1, 0.15) is 0 Å². The monoisotopic (exact) mass is 311 g/mol. The molecule has 0 saturated carbocycles. The minimum Gasteiger partial charge on any atom is -0.326 e. The molecule has 2 atom stereocenters. The van der Waals surface area contributed by atoms with Gasteiger partial charge >= 0.3 is 0 Å². The molecule has 1 aromatic carbocycles. The van der Waals surface area contributed by atoms with E-state index in [1.54, 1.807) is 11.4 Å². The zero-order chi connectivity index (χ0) is 15.5. The number of rotatable bonds is 5. The Balaban J connectivity index is 2.15. The van der Waals surface area contributed by atoms with Crippen molar-refractivity contribution in [3.63, 3.8) is 0 Å². The van der Waals surface area contributed by atoms with Gasteiger partial charge in [-0.15, -0.1) is 0 Å². The molecule has 0 aromatic heterocycles. The van der Waals surface area contributed by atoms with E-state index >= 15 is 0 Å². The average molecular weight is 311 g/mol. The molecule has 118 valence electrons. The van der Waals surface area contributed by atoms with Gasteiger partial charge in [-0.25, -0.2) is 0 Å². The second-order valence-electron chi connectivity index (χ2n) is 5.78. The number of benzene rings is 1. The van der Waals surface area contributed by atoms with E-state index in [1.165, 1.54) is 4.31 Å². The lowest BCUT2D eigenvalue weighted by Gasteiger charge is -2.38. The summed E-state index contributed by atoms with van der Waals surface area (Å²) in [4.78, 5) is 0. The zero-order valence-corrected chi connectivity index (χ0v) is 13.6. The molecule has 1 saturated heterocycles. The second-order valence-corrected chi connectivity index (χ2v) is 7.77. The second kappa shape index (κ2) is 6.87. The number of hydrogen-bond donors (Lipinski definition) is 1. The summed E-state index contributed by atoms with van der Waals surface area (Å²) in [6.07, 6.45) is 2.79. The third-order valence-electron chi connectivity index (χ3n) is 4.04. The Bertz CT molecular complexity index is 545. The van der Waals surface area contributed by atoms with Crippen molar-refractivity contribution in [2.45, 2.75) is 44.8 Å². The van der Waals surface area contributed by atoms with Crippen LogP contribution in [0, 0.1) is 0 Å². The first kappa shape index (κ1) is 16.4. The van der Waals surface area contributed by atoms with Crippen molar-refractivity contribution in [3.05, 3.63) is 35.9 Å². The summed E-state index contributed by atoms with van der Waals surface area (Å²) in [5, 5.41) is 0. The molecule has 1 aromatic rings. The summed E-state index contributed by atoms with van der Waals surface area (Å²) in [5.41, 5.74) is 6.97. The Hall–Kier alpha value is -0.950. The molecule has 5 nitrogen and oxygen atoms in total. The van der Waals surface area contributed by atoms with Gasteiger partial charge in [-0.05, 0) is 25.3 Å². The van der Waals surface area contributed by atoms with Crippen molar-refractivity contribution in [1.82, 2.24) is 8.61 Å². The SMILES string of the molecule is CC(N)C1CCCCN1S(=O)(=O)N(C)Cc1ccccc1. The van der Waals surface area contributed by atoms with Crippen molar-refractivity contribution in [1.29, 1.82) is 0 Å². The van der Waals surface area contributed by atoms with Crippen LogP contribution in [0.1, 0.15) is 31.7 Å². The lowest BCUT2D eigenvalue weighted by Crippen LogP contribution is -2.54. The van der Waals surface area contributed by atoms with Crippen LogP contribution in [-0.2, 0) is 16.8 Å². The molecule has 2 N–H and O–H groups in total. The molecule has 2 unspecified atom stereocenters. The van der Waals surface area contributed by atoms with E-state index in [9.17, 15) is 8.42 Å². The van der Waals surface area contributed by atoms with Crippen molar-refractivity contribution < 1.29 is 8.42 Å². The number of nitrogens with two attached hydrogens (primary N) is 1. The standard InChI is InChI=1S/C15H25N3O2S/c1-13(16)15-10-6-7-11-18(15)21(19,20)17(2)12-14-8-4-3-5-9-14/h3-5,8-9,13,15H,6-7,10-12,16H2,1-2H3. The molecule has 0 spiro atoms. The minimum atomic E-state index is -3.47. The van der Waals surface area contributed by atoms with E-state index in [4.69, 9.17) is 5.73 Å². The number of piperidine rings is 1. The fourth-order valence-corrected chi connectivity index (χ4v) is 4.51. The van der Waals surface area contributed by atoms with Crippen LogP contribution >= 0.6 is 0 Å². The van der Waals surface area contributed by atoms with Crippen molar-refractivity contribution in [3.8, 4) is 0 Å². The number of nitrogens with zero attached hydrogens (tertiary/aromatic N) is 2. The highest BCUT2D eigenvalue weighted by atomic mass is 32.2. The van der Waals surface area contributed by atoms with Crippen LogP contribution in [0.2, 0.25) is 0 Å². The van der Waals surface area contributed by atoms with Gasteiger partial charge in [0.15, 0.2) is 0 Å². The molecule has 1 aliphatic heterocycles. The van der Waals surface area contributed by atoms with Gasteiger partial charge < -0.3 is 5.73 Å². The Labute approximate surface area is 127 Å². The van der Waals surface area contributed by atoms with Crippen LogP contribution in [0.25, 0.3) is 0 Å². The first-order valence-corrected chi connectivity index (χ1v) is 8.85. The minimum absolute atomic E-state index is 0.0954. The summed E-state index contributed by atoms with van der Waals surface area (Å²) < 4.78 is 28.6. The van der Waals surface area contributed by atoms with Gasteiger partial charge in [0.25, 0.3) is 10.2 Å². The van der Waals surface area contributed by atoms with E-state index in [1.807, 2.05) is 37.3 Å². The molecular formula is C15H25N3O2S. The fourth-order valence-electron chi connectivity index (χ4n) is 2.84. The molecule has 0 aliphatic carbocycles. The first-order chi connectivity index (χ1) is 9.93. The van der Waals surface area contributed by atoms with Gasteiger partial charge in [0.2, 0.25) is 0 Å². The van der Waals surface area contributed by atoms with E-state index in [0.29, 0.717) is 13.1 Å². The highest BCUT2D eigenvalue weighted by Crippen LogP contribution is 2.24. The van der Waals surface area contributed by atoms with Crippen LogP contribution in [0.4, 0.5) is 0 Å². The maximum Gasteiger partial charge on any atom is 0.282 e. The van der Waals surface area contributed by atoms with Crippen molar-refractivity contribution in [2.75, 3.05) is 13.6 Å². The highest BCUT2D eigenvalue weighted by molar-refractivity contribution is 7.86. The highest BCUT2D eigenvalue weighted by Gasteiger charge is 2.36. The Morgan fingerprint density at radius 3 is 2.62 bits per heavy atom. The van der Waals surface area contributed by atoms with E-state index in [0.717, 1.165) is 24.8 Å². The lowest BCUT2D eigenvalue weighted by molar-refractivity contribution is 0.213. The molecule has 0 amide bonds. The molecule has 21 heavy (non-hydrogen) atoms. The van der Waals surface area contributed by atoms with E-state index in [2.05, 4.69) is 0 Å². The van der Waals surface area contributed by atoms with E-state index < -0.39 is 10.2 Å². The Kier molecular flexibility index (Phi) is 5.37. The van der Waals surface area contributed by atoms with Crippen LogP contribution in [0.5, 0.6) is 0 Å². The van der Waals surface area contributed by atoms with Gasteiger partial charge in [-0.1, -0.05) is 36.8 Å². The third kappa shape index (κ3) is 3.83.